The number of fused-ring (bicyclic) bond motifs is 1. The normalized spacial score (nSPS) is 16.0. The zero-order chi connectivity index (χ0) is 21.3. The minimum Gasteiger partial charge on any atom is -0.361 e. The Morgan fingerprint density at radius 2 is 2.07 bits per heavy atom. The molecule has 3 rings (SSSR count). The first-order valence-electron chi connectivity index (χ1n) is 10.8. The van der Waals surface area contributed by atoms with Crippen LogP contribution < -0.4 is 16.0 Å². The van der Waals surface area contributed by atoms with Gasteiger partial charge in [0.1, 0.15) is 0 Å². The first-order valence-corrected chi connectivity index (χ1v) is 11.2. The Labute approximate surface area is 183 Å². The molecule has 1 aliphatic heterocycles. The molecule has 0 unspecified atom stereocenters. The predicted octanol–water partition coefficient (Wildman–Crippen LogP) is 2.52. The number of aliphatic imine (C=N–C) groups is 1. The molecule has 30 heavy (non-hydrogen) atoms. The van der Waals surface area contributed by atoms with Crippen molar-refractivity contribution in [2.24, 2.45) is 4.99 Å². The minimum atomic E-state index is 0.124. The van der Waals surface area contributed by atoms with Crippen LogP contribution >= 0.6 is 11.6 Å². The second kappa shape index (κ2) is 11.2. The van der Waals surface area contributed by atoms with Gasteiger partial charge in [-0.15, -0.1) is 0 Å². The Morgan fingerprint density at radius 1 is 1.27 bits per heavy atom. The van der Waals surface area contributed by atoms with Gasteiger partial charge in [-0.25, -0.2) is 0 Å². The number of carbonyl (C=O) groups excluding carboxylic acids is 1. The minimum absolute atomic E-state index is 0.124. The van der Waals surface area contributed by atoms with E-state index < -0.39 is 0 Å². The van der Waals surface area contributed by atoms with E-state index in [0.717, 1.165) is 68.4 Å². The molecule has 0 aliphatic carbocycles. The number of likely N-dealkylation sites (tertiary alicyclic amines) is 1. The van der Waals surface area contributed by atoms with Crippen molar-refractivity contribution in [1.29, 1.82) is 0 Å². The monoisotopic (exact) mass is 432 g/mol. The van der Waals surface area contributed by atoms with Gasteiger partial charge in [0, 0.05) is 61.4 Å². The average Bonchev–Trinajstić information content (AvgIpc) is 3.14. The summed E-state index contributed by atoms with van der Waals surface area (Å²) in [6.07, 6.45) is 5.90. The Balaban J connectivity index is 1.40. The second-order valence-corrected chi connectivity index (χ2v) is 8.23. The number of hydrogen-bond donors (Lipinski definition) is 4. The molecular formula is C22H33ClN6O. The highest BCUT2D eigenvalue weighted by atomic mass is 35.5. The van der Waals surface area contributed by atoms with Gasteiger partial charge in [-0.1, -0.05) is 18.5 Å². The molecule has 1 fully saturated rings. The van der Waals surface area contributed by atoms with Crippen LogP contribution in [0.2, 0.25) is 5.02 Å². The number of amides is 1. The van der Waals surface area contributed by atoms with Crippen molar-refractivity contribution in [3.8, 4) is 0 Å². The molecular weight excluding hydrogens is 400 g/mol. The highest BCUT2D eigenvalue weighted by Gasteiger charge is 2.21. The maximum atomic E-state index is 11.9. The number of halogens is 1. The number of nitrogens with one attached hydrogen (secondary N) is 4. The summed E-state index contributed by atoms with van der Waals surface area (Å²) in [4.78, 5) is 21.8. The van der Waals surface area contributed by atoms with E-state index in [4.69, 9.17) is 11.6 Å². The van der Waals surface area contributed by atoms with E-state index in [2.05, 4.69) is 37.8 Å². The predicted molar refractivity (Wildman–Crippen MR) is 124 cm³/mol. The Bertz CT molecular complexity index is 856. The van der Waals surface area contributed by atoms with E-state index in [0.29, 0.717) is 12.6 Å². The van der Waals surface area contributed by atoms with E-state index in [9.17, 15) is 4.79 Å². The van der Waals surface area contributed by atoms with Crippen molar-refractivity contribution >= 4 is 34.4 Å². The molecule has 1 amide bonds. The third-order valence-electron chi connectivity index (χ3n) is 5.51. The summed E-state index contributed by atoms with van der Waals surface area (Å²) in [5.74, 6) is 0.950. The number of rotatable bonds is 8. The van der Waals surface area contributed by atoms with Crippen LogP contribution in [0.4, 0.5) is 0 Å². The highest BCUT2D eigenvalue weighted by molar-refractivity contribution is 6.31. The molecule has 8 heteroatoms. The Morgan fingerprint density at radius 3 is 2.80 bits per heavy atom. The van der Waals surface area contributed by atoms with Gasteiger partial charge in [0.15, 0.2) is 5.96 Å². The fraction of sp³-hybridized carbons (Fsp3) is 0.545. The van der Waals surface area contributed by atoms with Gasteiger partial charge in [-0.2, -0.15) is 0 Å². The van der Waals surface area contributed by atoms with Crippen molar-refractivity contribution in [2.75, 3.05) is 39.8 Å². The van der Waals surface area contributed by atoms with Crippen LogP contribution in [0.25, 0.3) is 10.9 Å². The van der Waals surface area contributed by atoms with Crippen LogP contribution in [0.1, 0.15) is 31.7 Å². The van der Waals surface area contributed by atoms with Gasteiger partial charge < -0.3 is 20.9 Å². The molecule has 0 atom stereocenters. The number of guanidine groups is 1. The van der Waals surface area contributed by atoms with Crippen molar-refractivity contribution in [3.05, 3.63) is 35.0 Å². The average molecular weight is 433 g/mol. The topological polar surface area (TPSA) is 84.6 Å². The number of piperidine rings is 1. The lowest BCUT2D eigenvalue weighted by Crippen LogP contribution is -2.50. The quantitative estimate of drug-likeness (QED) is 0.381. The molecule has 1 aliphatic rings. The maximum Gasteiger partial charge on any atom is 0.234 e. The summed E-state index contributed by atoms with van der Waals surface area (Å²) in [5, 5.41) is 11.8. The van der Waals surface area contributed by atoms with Crippen LogP contribution in [0, 0.1) is 0 Å². The van der Waals surface area contributed by atoms with Crippen LogP contribution in [-0.2, 0) is 11.2 Å². The third kappa shape index (κ3) is 6.37. The second-order valence-electron chi connectivity index (χ2n) is 7.80. The molecule has 0 radical (unpaired) electrons. The summed E-state index contributed by atoms with van der Waals surface area (Å²) in [5.41, 5.74) is 2.34. The van der Waals surface area contributed by atoms with Crippen LogP contribution in [0.15, 0.2) is 29.4 Å². The number of hydrogen-bond acceptors (Lipinski definition) is 3. The lowest BCUT2D eigenvalue weighted by molar-refractivity contribution is -0.122. The molecule has 0 spiro atoms. The number of aromatic amines is 1. The van der Waals surface area contributed by atoms with Crippen LogP contribution in [0.5, 0.6) is 0 Å². The van der Waals surface area contributed by atoms with Crippen LogP contribution in [0.3, 0.4) is 0 Å². The highest BCUT2D eigenvalue weighted by Crippen LogP contribution is 2.22. The van der Waals surface area contributed by atoms with Crippen molar-refractivity contribution in [2.45, 2.75) is 38.6 Å². The van der Waals surface area contributed by atoms with Crippen molar-refractivity contribution in [1.82, 2.24) is 25.8 Å². The molecule has 0 bridgehead atoms. The molecule has 1 aromatic heterocycles. The summed E-state index contributed by atoms with van der Waals surface area (Å²) in [6.45, 7) is 5.94. The van der Waals surface area contributed by atoms with E-state index in [-0.39, 0.29) is 5.91 Å². The first kappa shape index (κ1) is 22.4. The third-order valence-corrected chi connectivity index (χ3v) is 5.74. The molecule has 0 saturated carbocycles. The lowest BCUT2D eigenvalue weighted by Gasteiger charge is -2.32. The van der Waals surface area contributed by atoms with Gasteiger partial charge in [0.05, 0.1) is 6.54 Å². The molecule has 7 nitrogen and oxygen atoms in total. The largest absolute Gasteiger partial charge is 0.361 e. The van der Waals surface area contributed by atoms with E-state index >= 15 is 0 Å². The number of benzene rings is 1. The van der Waals surface area contributed by atoms with E-state index in [1.807, 2.05) is 24.4 Å². The van der Waals surface area contributed by atoms with Crippen molar-refractivity contribution in [3.63, 3.8) is 0 Å². The standard InChI is InChI=1S/C22H33ClN6O/c1-3-9-25-21(30)15-29-11-7-18(8-12-29)28-22(24-2)26-10-6-16-14-27-20-5-4-17(23)13-19(16)20/h4-5,13-14,18,27H,3,6-12,15H2,1-2H3,(H,25,30)(H2,24,26,28). The zero-order valence-electron chi connectivity index (χ0n) is 17.9. The fourth-order valence-corrected chi connectivity index (χ4v) is 3.99. The first-order chi connectivity index (χ1) is 14.6. The molecule has 2 heterocycles. The SMILES string of the molecule is CCCNC(=O)CN1CCC(NC(=NC)NCCc2c[nH]c3ccc(Cl)cc23)CC1. The number of carbonyl (C=O) groups is 1. The number of aromatic nitrogens is 1. The Hall–Kier alpha value is -2.25. The van der Waals surface area contributed by atoms with Crippen molar-refractivity contribution < 1.29 is 4.79 Å². The summed E-state index contributed by atoms with van der Waals surface area (Å²) in [6, 6.07) is 6.29. The lowest BCUT2D eigenvalue weighted by atomic mass is 10.1. The summed E-state index contributed by atoms with van der Waals surface area (Å²) < 4.78 is 0. The van der Waals surface area contributed by atoms with Gasteiger partial charge in [-0.3, -0.25) is 14.7 Å². The molecule has 4 N–H and O–H groups in total. The number of nitrogens with zero attached hydrogens (tertiary/aromatic N) is 2. The summed E-state index contributed by atoms with van der Waals surface area (Å²) >= 11 is 6.14. The molecule has 164 valence electrons. The summed E-state index contributed by atoms with van der Waals surface area (Å²) in [7, 11) is 1.80. The zero-order valence-corrected chi connectivity index (χ0v) is 18.7. The molecule has 2 aromatic rings. The maximum absolute atomic E-state index is 11.9. The van der Waals surface area contributed by atoms with Gasteiger partial charge in [-0.05, 0) is 49.4 Å². The molecule has 1 aromatic carbocycles. The van der Waals surface area contributed by atoms with Crippen LogP contribution in [-0.4, -0.2) is 67.6 Å². The molecule has 1 saturated heterocycles. The Kier molecular flexibility index (Phi) is 8.39. The van der Waals surface area contributed by atoms with Gasteiger partial charge >= 0.3 is 0 Å². The fourth-order valence-electron chi connectivity index (χ4n) is 3.82. The van der Waals surface area contributed by atoms with Gasteiger partial charge in [0.25, 0.3) is 0 Å². The smallest absolute Gasteiger partial charge is 0.234 e. The van der Waals surface area contributed by atoms with Gasteiger partial charge in [0.2, 0.25) is 5.91 Å². The van der Waals surface area contributed by atoms with E-state index in [1.165, 1.54) is 10.9 Å². The van der Waals surface area contributed by atoms with E-state index in [1.54, 1.807) is 7.05 Å². The number of H-pyrrole nitrogens is 1.